The zero-order valence-electron chi connectivity index (χ0n) is 21.6. The molecule has 0 N–H and O–H groups in total. The average molecular weight is 422 g/mol. The first-order chi connectivity index (χ1) is 17.1. The maximum absolute atomic E-state index is 10.0. The number of hydrogen-bond acceptors (Lipinski definition) is 3. The molecule has 6 rings (SSSR count). The minimum atomic E-state index is -2.38. The molecule has 0 spiro atoms. The van der Waals surface area contributed by atoms with Crippen LogP contribution in [0.5, 0.6) is 0 Å². The molecule has 0 amide bonds. The molecule has 2 aromatic heterocycles. The van der Waals surface area contributed by atoms with Gasteiger partial charge in [-0.1, -0.05) is 30.3 Å². The Morgan fingerprint density at radius 2 is 1.75 bits per heavy atom. The van der Waals surface area contributed by atoms with Crippen LogP contribution in [0.15, 0.2) is 71.3 Å². The number of ether oxygens (including phenoxy) is 1. The van der Waals surface area contributed by atoms with Gasteiger partial charge in [-0.05, 0) is 47.4 Å². The molecule has 0 unspecified atom stereocenters. The standard InChI is InChI=1S/C28H21N2O2/c1-17-9-11-21-22-12-10-18(14-29)26(20-7-5-6-19-15-31-16-23(19)20)28(22)32-27(21)25(17)24-8-3-4-13-30(24)2/h3-13H,15-16H2,1-2H3/q+1/i15D2,16D2. The van der Waals surface area contributed by atoms with Gasteiger partial charge in [-0.25, -0.2) is 4.57 Å². The van der Waals surface area contributed by atoms with E-state index in [4.69, 9.17) is 14.6 Å². The largest absolute Gasteiger partial charge is 0.454 e. The van der Waals surface area contributed by atoms with E-state index in [9.17, 15) is 5.26 Å². The highest BCUT2D eigenvalue weighted by molar-refractivity contribution is 6.14. The molecule has 5 aromatic rings. The Labute approximate surface area is 191 Å². The molecule has 154 valence electrons. The van der Waals surface area contributed by atoms with E-state index in [2.05, 4.69) is 6.07 Å². The van der Waals surface area contributed by atoms with Crippen molar-refractivity contribution in [2.45, 2.75) is 20.0 Å². The molecule has 3 heterocycles. The van der Waals surface area contributed by atoms with Gasteiger partial charge in [0.25, 0.3) is 0 Å². The van der Waals surface area contributed by atoms with Crippen LogP contribution in [0, 0.1) is 18.3 Å². The fourth-order valence-electron chi connectivity index (χ4n) is 4.55. The Morgan fingerprint density at radius 1 is 0.938 bits per heavy atom. The number of hydrogen-bond donors (Lipinski definition) is 0. The smallest absolute Gasteiger partial charge is 0.216 e. The van der Waals surface area contributed by atoms with Crippen LogP contribution in [0.1, 0.15) is 27.7 Å². The van der Waals surface area contributed by atoms with Crippen LogP contribution in [-0.2, 0) is 24.9 Å². The lowest BCUT2D eigenvalue weighted by Crippen LogP contribution is -2.30. The molecular weight excluding hydrogens is 396 g/mol. The number of aromatic nitrogens is 1. The van der Waals surface area contributed by atoms with Gasteiger partial charge in [0.2, 0.25) is 5.69 Å². The Kier molecular flexibility index (Phi) is 3.30. The van der Waals surface area contributed by atoms with E-state index in [1.54, 1.807) is 18.2 Å². The highest BCUT2D eigenvalue weighted by Gasteiger charge is 2.25. The Balaban J connectivity index is 1.75. The fourth-order valence-corrected chi connectivity index (χ4v) is 4.55. The van der Waals surface area contributed by atoms with E-state index < -0.39 is 13.1 Å². The summed E-state index contributed by atoms with van der Waals surface area (Å²) in [5.41, 5.74) is 5.35. The summed E-state index contributed by atoms with van der Waals surface area (Å²) in [6, 6.07) is 20.6. The Hall–Kier alpha value is -3.94. The average Bonchev–Trinajstić information content (AvgIpc) is 3.30. The predicted molar refractivity (Wildman–Crippen MR) is 124 cm³/mol. The van der Waals surface area contributed by atoms with E-state index in [-0.39, 0.29) is 11.1 Å². The molecular formula is C28H21N2O2+. The normalized spacial score (nSPS) is 17.9. The van der Waals surface area contributed by atoms with E-state index in [0.29, 0.717) is 27.9 Å². The fraction of sp³-hybridized carbons (Fsp3) is 0.143. The highest BCUT2D eigenvalue weighted by Crippen LogP contribution is 2.43. The predicted octanol–water partition coefficient (Wildman–Crippen LogP) is 5.95. The minimum absolute atomic E-state index is 0.0744. The monoisotopic (exact) mass is 421 g/mol. The second-order valence-electron chi connectivity index (χ2n) is 7.94. The van der Waals surface area contributed by atoms with Gasteiger partial charge < -0.3 is 9.15 Å². The molecule has 0 radical (unpaired) electrons. The van der Waals surface area contributed by atoms with Gasteiger partial charge in [0.1, 0.15) is 18.2 Å². The summed E-state index contributed by atoms with van der Waals surface area (Å²) in [6.07, 6.45) is 1.97. The third-order valence-corrected chi connectivity index (χ3v) is 6.10. The second kappa shape index (κ2) is 7.05. The van der Waals surface area contributed by atoms with Gasteiger partial charge in [0, 0.05) is 28.5 Å². The maximum atomic E-state index is 10.0. The summed E-state index contributed by atoms with van der Waals surface area (Å²) in [7, 11) is 1.97. The summed E-state index contributed by atoms with van der Waals surface area (Å²) < 4.78 is 47.1. The van der Waals surface area contributed by atoms with Crippen molar-refractivity contribution in [1.82, 2.24) is 0 Å². The van der Waals surface area contributed by atoms with Crippen molar-refractivity contribution in [2.75, 3.05) is 0 Å². The van der Waals surface area contributed by atoms with Crippen LogP contribution in [0.25, 0.3) is 44.3 Å². The maximum Gasteiger partial charge on any atom is 0.216 e. The van der Waals surface area contributed by atoms with Gasteiger partial charge in [-0.15, -0.1) is 0 Å². The lowest BCUT2D eigenvalue weighted by molar-refractivity contribution is -0.660. The number of furan rings is 1. The van der Waals surface area contributed by atoms with Crippen molar-refractivity contribution in [3.05, 3.63) is 89.1 Å². The SMILES string of the molecule is [2H]C1([2H])OC([2H])([2H])c2c(-c3c(C#N)ccc4c3oc3c(-c5cccc[n+]5C)c(C)ccc34)cccc21. The molecule has 0 aliphatic carbocycles. The lowest BCUT2D eigenvalue weighted by atomic mass is 9.92. The highest BCUT2D eigenvalue weighted by atomic mass is 16.5. The van der Waals surface area contributed by atoms with Crippen molar-refractivity contribution >= 4 is 21.9 Å². The minimum Gasteiger partial charge on any atom is -0.454 e. The summed E-state index contributed by atoms with van der Waals surface area (Å²) in [5, 5.41) is 11.7. The number of fused-ring (bicyclic) bond motifs is 4. The third-order valence-electron chi connectivity index (χ3n) is 6.10. The van der Waals surface area contributed by atoms with E-state index in [1.165, 1.54) is 6.07 Å². The second-order valence-corrected chi connectivity index (χ2v) is 7.94. The van der Waals surface area contributed by atoms with Crippen molar-refractivity contribution in [1.29, 1.82) is 5.26 Å². The molecule has 0 saturated carbocycles. The first kappa shape index (κ1) is 15.0. The number of aryl methyl sites for hydroxylation is 2. The molecule has 1 aliphatic heterocycles. The summed E-state index contributed by atoms with van der Waals surface area (Å²) >= 11 is 0. The molecule has 4 nitrogen and oxygen atoms in total. The van der Waals surface area contributed by atoms with Crippen LogP contribution in [0.4, 0.5) is 0 Å². The van der Waals surface area contributed by atoms with Gasteiger partial charge in [-0.3, -0.25) is 0 Å². The van der Waals surface area contributed by atoms with Crippen LogP contribution < -0.4 is 4.57 Å². The summed E-state index contributed by atoms with van der Waals surface area (Å²) in [5.74, 6) is 0. The Morgan fingerprint density at radius 3 is 2.56 bits per heavy atom. The molecule has 0 atom stereocenters. The third kappa shape index (κ3) is 2.62. The van der Waals surface area contributed by atoms with E-state index in [0.717, 1.165) is 27.6 Å². The first-order valence-electron chi connectivity index (χ1n) is 12.3. The number of nitriles is 1. The number of benzene rings is 3. The van der Waals surface area contributed by atoms with Crippen molar-refractivity contribution in [2.24, 2.45) is 7.05 Å². The van der Waals surface area contributed by atoms with Gasteiger partial charge in [0.15, 0.2) is 6.20 Å². The first-order valence-corrected chi connectivity index (χ1v) is 10.3. The van der Waals surface area contributed by atoms with Crippen LogP contribution in [0.3, 0.4) is 0 Å². The number of rotatable bonds is 2. The molecule has 3 aromatic carbocycles. The van der Waals surface area contributed by atoms with Crippen molar-refractivity contribution < 1.29 is 19.2 Å². The quantitative estimate of drug-likeness (QED) is 0.331. The molecule has 1 aliphatic rings. The molecule has 0 saturated heterocycles. The van der Waals surface area contributed by atoms with Gasteiger partial charge >= 0.3 is 0 Å². The topological polar surface area (TPSA) is 50.0 Å². The Bertz CT molecular complexity index is 1770. The zero-order valence-corrected chi connectivity index (χ0v) is 17.6. The molecule has 0 bridgehead atoms. The van der Waals surface area contributed by atoms with Crippen LogP contribution >= 0.6 is 0 Å². The molecule has 0 fully saturated rings. The van der Waals surface area contributed by atoms with Crippen LogP contribution in [0.2, 0.25) is 0 Å². The molecule has 32 heavy (non-hydrogen) atoms. The van der Waals surface area contributed by atoms with Crippen molar-refractivity contribution in [3.63, 3.8) is 0 Å². The zero-order chi connectivity index (χ0) is 25.4. The summed E-state index contributed by atoms with van der Waals surface area (Å²) in [4.78, 5) is 0. The number of pyridine rings is 1. The van der Waals surface area contributed by atoms with Gasteiger partial charge in [0.05, 0.1) is 35.8 Å². The van der Waals surface area contributed by atoms with Crippen LogP contribution in [-0.4, -0.2) is 0 Å². The lowest BCUT2D eigenvalue weighted by Gasteiger charge is -2.10. The van der Waals surface area contributed by atoms with E-state index in [1.807, 2.05) is 61.1 Å². The summed E-state index contributed by atoms with van der Waals surface area (Å²) in [6.45, 7) is -2.65. The molecule has 4 heteroatoms. The number of nitrogens with zero attached hydrogens (tertiary/aromatic N) is 2. The van der Waals surface area contributed by atoms with Crippen molar-refractivity contribution in [3.8, 4) is 28.5 Å². The van der Waals surface area contributed by atoms with E-state index >= 15 is 0 Å². The van der Waals surface area contributed by atoms with Gasteiger partial charge in [-0.2, -0.15) is 5.26 Å².